The molecular formula is C22H23BrN2O. The average molecular weight is 411 g/mol. The lowest BCUT2D eigenvalue weighted by Crippen LogP contribution is -2.52. The number of nitrogens with zero attached hydrogens (tertiary/aromatic N) is 1. The largest absolute Gasteiger partial charge is 0.508 e. The molecule has 2 aromatic carbocycles. The van der Waals surface area contributed by atoms with Gasteiger partial charge in [-0.15, -0.1) is 0 Å². The van der Waals surface area contributed by atoms with Crippen LogP contribution in [0.15, 0.2) is 46.9 Å². The third-order valence-corrected chi connectivity index (χ3v) is 7.24. The molecule has 1 aliphatic heterocycles. The molecule has 4 heteroatoms. The number of nitrogens with one attached hydrogen (secondary N) is 1. The van der Waals surface area contributed by atoms with E-state index in [1.54, 1.807) is 6.07 Å². The lowest BCUT2D eigenvalue weighted by molar-refractivity contribution is 0.0994. The van der Waals surface area contributed by atoms with Crippen LogP contribution in [0.5, 0.6) is 5.75 Å². The molecule has 0 radical (unpaired) electrons. The number of phenols is 1. The van der Waals surface area contributed by atoms with Crippen LogP contribution in [0.3, 0.4) is 0 Å². The predicted octanol–water partition coefficient (Wildman–Crippen LogP) is 4.62. The molecule has 0 saturated carbocycles. The molecule has 2 aliphatic rings. The Morgan fingerprint density at radius 1 is 1.23 bits per heavy atom. The second kappa shape index (κ2) is 5.86. The van der Waals surface area contributed by atoms with Gasteiger partial charge >= 0.3 is 0 Å². The Bertz CT molecular complexity index is 995. The lowest BCUT2D eigenvalue weighted by atomic mass is 9.59. The van der Waals surface area contributed by atoms with Crippen molar-refractivity contribution in [1.29, 1.82) is 0 Å². The first-order valence-electron chi connectivity index (χ1n) is 9.33. The van der Waals surface area contributed by atoms with Crippen LogP contribution < -0.4 is 0 Å². The van der Waals surface area contributed by atoms with E-state index >= 15 is 0 Å². The maximum absolute atomic E-state index is 10.1. The van der Waals surface area contributed by atoms with Gasteiger partial charge in [-0.25, -0.2) is 0 Å². The normalized spacial score (nSPS) is 25.8. The third kappa shape index (κ3) is 2.35. The van der Waals surface area contributed by atoms with Crippen molar-refractivity contribution in [1.82, 2.24) is 9.88 Å². The van der Waals surface area contributed by atoms with Gasteiger partial charge in [0.25, 0.3) is 0 Å². The number of hydrogen-bond donors (Lipinski definition) is 2. The van der Waals surface area contributed by atoms with Crippen LogP contribution in [0.1, 0.15) is 23.2 Å². The van der Waals surface area contributed by atoms with Gasteiger partial charge in [-0.1, -0.05) is 34.1 Å². The molecule has 3 aromatic rings. The van der Waals surface area contributed by atoms with E-state index in [1.165, 1.54) is 32.2 Å². The third-order valence-electron chi connectivity index (χ3n) is 6.58. The molecule has 2 atom stereocenters. The lowest BCUT2D eigenvalue weighted by Gasteiger charge is -2.50. The van der Waals surface area contributed by atoms with E-state index < -0.39 is 0 Å². The first-order valence-corrected chi connectivity index (χ1v) is 10.1. The minimum absolute atomic E-state index is 0.103. The zero-order chi connectivity index (χ0) is 17.9. The highest BCUT2D eigenvalue weighted by Crippen LogP contribution is 2.49. The molecular weight excluding hydrogens is 388 g/mol. The molecule has 0 amide bonds. The van der Waals surface area contributed by atoms with E-state index in [4.69, 9.17) is 0 Å². The first-order chi connectivity index (χ1) is 12.6. The van der Waals surface area contributed by atoms with Gasteiger partial charge in [0.05, 0.1) is 0 Å². The van der Waals surface area contributed by atoms with Gasteiger partial charge in [0.2, 0.25) is 0 Å². The Hall–Kier alpha value is -1.78. The van der Waals surface area contributed by atoms with E-state index in [0.29, 0.717) is 11.7 Å². The Kier molecular flexibility index (Phi) is 3.70. The van der Waals surface area contributed by atoms with Crippen molar-refractivity contribution in [3.8, 4) is 5.75 Å². The first kappa shape index (κ1) is 16.4. The van der Waals surface area contributed by atoms with Gasteiger partial charge in [-0.05, 0) is 74.2 Å². The van der Waals surface area contributed by atoms with E-state index in [-0.39, 0.29) is 5.41 Å². The summed E-state index contributed by atoms with van der Waals surface area (Å²) in [5.74, 6) is 0.932. The van der Waals surface area contributed by atoms with Crippen LogP contribution in [-0.4, -0.2) is 35.1 Å². The fourth-order valence-electron chi connectivity index (χ4n) is 5.29. The molecule has 1 unspecified atom stereocenters. The van der Waals surface area contributed by atoms with Crippen LogP contribution in [0.4, 0.5) is 0 Å². The predicted molar refractivity (Wildman–Crippen MR) is 109 cm³/mol. The average Bonchev–Trinajstić information content (AvgIpc) is 2.98. The Morgan fingerprint density at radius 3 is 2.92 bits per heavy atom. The molecule has 2 heterocycles. The summed E-state index contributed by atoms with van der Waals surface area (Å²) in [5.41, 5.74) is 5.46. The van der Waals surface area contributed by atoms with Gasteiger partial charge in [0.1, 0.15) is 5.75 Å². The van der Waals surface area contributed by atoms with Crippen molar-refractivity contribution >= 4 is 26.8 Å². The van der Waals surface area contributed by atoms with Crippen molar-refractivity contribution in [3.63, 3.8) is 0 Å². The van der Waals surface area contributed by atoms with Gasteiger partial charge in [0.15, 0.2) is 0 Å². The summed E-state index contributed by atoms with van der Waals surface area (Å²) in [5, 5.41) is 11.5. The van der Waals surface area contributed by atoms with E-state index in [9.17, 15) is 5.11 Å². The number of likely N-dealkylation sites (tertiary alicyclic amines) is 1. The molecule has 134 valence electrons. The molecule has 1 fully saturated rings. The van der Waals surface area contributed by atoms with Crippen molar-refractivity contribution in [3.05, 3.63) is 63.8 Å². The number of H-pyrrole nitrogens is 1. The highest BCUT2D eigenvalue weighted by Gasteiger charge is 2.47. The van der Waals surface area contributed by atoms with E-state index in [1.807, 2.05) is 12.1 Å². The topological polar surface area (TPSA) is 39.3 Å². The van der Waals surface area contributed by atoms with E-state index in [2.05, 4.69) is 57.1 Å². The van der Waals surface area contributed by atoms with Crippen molar-refractivity contribution < 1.29 is 5.11 Å². The van der Waals surface area contributed by atoms with Crippen LogP contribution in [0.2, 0.25) is 0 Å². The molecule has 26 heavy (non-hydrogen) atoms. The molecule has 1 aromatic heterocycles. The van der Waals surface area contributed by atoms with E-state index in [0.717, 1.165) is 32.4 Å². The number of aromatic hydroxyl groups is 1. The number of rotatable bonds is 1. The van der Waals surface area contributed by atoms with Crippen LogP contribution in [-0.2, 0) is 18.3 Å². The molecule has 2 N–H and O–H groups in total. The maximum Gasteiger partial charge on any atom is 0.115 e. The summed E-state index contributed by atoms with van der Waals surface area (Å²) < 4.78 is 1.18. The number of hydrogen-bond acceptors (Lipinski definition) is 2. The Balaban J connectivity index is 1.70. The van der Waals surface area contributed by atoms with Crippen molar-refractivity contribution in [2.45, 2.75) is 24.7 Å². The van der Waals surface area contributed by atoms with Crippen LogP contribution >= 0.6 is 15.9 Å². The number of aromatic nitrogens is 1. The zero-order valence-corrected chi connectivity index (χ0v) is 16.5. The number of halogens is 1. The molecule has 5 rings (SSSR count). The van der Waals surface area contributed by atoms with Crippen molar-refractivity contribution in [2.75, 3.05) is 20.1 Å². The smallest absolute Gasteiger partial charge is 0.115 e. The SMILES string of the molecule is CN1CC[C@]2(c3cccc(O)c3)Cc3[nH]c4cccc(Br)c4c3CC2C1. The molecule has 0 spiro atoms. The molecule has 1 aliphatic carbocycles. The summed E-state index contributed by atoms with van der Waals surface area (Å²) in [6, 6.07) is 14.4. The number of benzene rings is 2. The van der Waals surface area contributed by atoms with Gasteiger partial charge in [0, 0.05) is 33.0 Å². The molecule has 0 bridgehead atoms. The van der Waals surface area contributed by atoms with Crippen molar-refractivity contribution in [2.24, 2.45) is 5.92 Å². The summed E-state index contributed by atoms with van der Waals surface area (Å²) in [6.07, 6.45) is 3.23. The fourth-order valence-corrected chi connectivity index (χ4v) is 5.89. The highest BCUT2D eigenvalue weighted by atomic mass is 79.9. The van der Waals surface area contributed by atoms with Crippen LogP contribution in [0.25, 0.3) is 10.9 Å². The summed E-state index contributed by atoms with van der Waals surface area (Å²) in [4.78, 5) is 6.16. The van der Waals surface area contributed by atoms with Crippen LogP contribution in [0, 0.1) is 5.92 Å². The van der Waals surface area contributed by atoms with Gasteiger partial charge < -0.3 is 15.0 Å². The second-order valence-electron chi connectivity index (χ2n) is 8.04. The Morgan fingerprint density at radius 2 is 2.08 bits per heavy atom. The number of aromatic amines is 1. The minimum atomic E-state index is 0.103. The zero-order valence-electron chi connectivity index (χ0n) is 14.9. The fraction of sp³-hybridized carbons (Fsp3) is 0.364. The molecule has 1 saturated heterocycles. The highest BCUT2D eigenvalue weighted by molar-refractivity contribution is 9.10. The number of piperidine rings is 1. The number of phenolic OH excluding ortho intramolecular Hbond substituents is 1. The number of fused-ring (bicyclic) bond motifs is 4. The maximum atomic E-state index is 10.1. The van der Waals surface area contributed by atoms with Gasteiger partial charge in [-0.3, -0.25) is 0 Å². The summed E-state index contributed by atoms with van der Waals surface area (Å²) in [7, 11) is 2.23. The Labute approximate surface area is 162 Å². The summed E-state index contributed by atoms with van der Waals surface area (Å²) in [6.45, 7) is 2.21. The monoisotopic (exact) mass is 410 g/mol. The summed E-state index contributed by atoms with van der Waals surface area (Å²) >= 11 is 3.76. The molecule has 3 nitrogen and oxygen atoms in total. The minimum Gasteiger partial charge on any atom is -0.508 e. The van der Waals surface area contributed by atoms with Gasteiger partial charge in [-0.2, -0.15) is 0 Å². The second-order valence-corrected chi connectivity index (χ2v) is 8.90. The quantitative estimate of drug-likeness (QED) is 0.613. The standard InChI is InChI=1S/C22H23BrN2O/c1-25-9-8-22(14-4-2-5-16(26)10-14)12-20-17(11-15(22)13-25)21-18(23)6-3-7-19(21)24-20/h2-7,10,15,24,26H,8-9,11-13H2,1H3/t15?,22-/m1/s1.